The lowest BCUT2D eigenvalue weighted by Crippen LogP contribution is -2.34. The van der Waals surface area contributed by atoms with Crippen LogP contribution in [0, 0.1) is 0 Å². The van der Waals surface area contributed by atoms with Gasteiger partial charge in [0.25, 0.3) is 5.43 Å². The lowest BCUT2D eigenvalue weighted by molar-refractivity contribution is 0.334. The smallest absolute Gasteiger partial charge is 0.268 e. The lowest BCUT2D eigenvalue weighted by Gasteiger charge is -2.11. The van der Waals surface area contributed by atoms with Crippen LogP contribution in [0.4, 0.5) is 0 Å². The Balaban J connectivity index is 2.43. The van der Waals surface area contributed by atoms with Crippen molar-refractivity contribution < 1.29 is 9.47 Å². The Morgan fingerprint density at radius 1 is 1.06 bits per heavy atom. The predicted octanol–water partition coefficient (Wildman–Crippen LogP) is 1.36. The highest BCUT2D eigenvalue weighted by molar-refractivity contribution is 5.74. The van der Waals surface area contributed by atoms with E-state index in [0.717, 1.165) is 0 Å². The quantitative estimate of drug-likeness (QED) is 0.747. The van der Waals surface area contributed by atoms with Crippen LogP contribution in [0.2, 0.25) is 0 Å². The maximum absolute atomic E-state index is 11.5. The zero-order valence-electron chi connectivity index (χ0n) is 9.65. The lowest BCUT2D eigenvalue weighted by atomic mass is 10.00. The molecule has 0 aliphatic rings. The van der Waals surface area contributed by atoms with E-state index in [1.165, 1.54) is 0 Å². The van der Waals surface area contributed by atoms with Gasteiger partial charge in [-0.2, -0.15) is 0 Å². The van der Waals surface area contributed by atoms with Crippen molar-refractivity contribution in [3.63, 3.8) is 0 Å². The van der Waals surface area contributed by atoms with Crippen LogP contribution >= 0.6 is 0 Å². The highest BCUT2D eigenvalue weighted by Gasteiger charge is 2.23. The fourth-order valence-corrected chi connectivity index (χ4v) is 1.67. The SMILES string of the molecule is CCOc1c(-c2ccc(OC)cc2)c(=O)c1=O. The van der Waals surface area contributed by atoms with Gasteiger partial charge in [0.15, 0.2) is 5.75 Å². The third-order valence-corrected chi connectivity index (χ3v) is 2.53. The standard InChI is InChI=1S/C13H12O4/c1-3-17-13-10(11(14)12(13)15)8-4-6-9(16-2)7-5-8/h4-7H,3H2,1-2H3. The zero-order valence-corrected chi connectivity index (χ0v) is 9.65. The highest BCUT2D eigenvalue weighted by Crippen LogP contribution is 2.26. The minimum Gasteiger partial charge on any atom is -0.497 e. The minimum atomic E-state index is -0.544. The van der Waals surface area contributed by atoms with Gasteiger partial charge < -0.3 is 9.47 Å². The molecular formula is C13H12O4. The molecule has 88 valence electrons. The van der Waals surface area contributed by atoms with Crippen molar-refractivity contribution >= 4 is 0 Å². The maximum atomic E-state index is 11.5. The summed E-state index contributed by atoms with van der Waals surface area (Å²) in [5, 5.41) is 0. The molecule has 0 aromatic heterocycles. The third kappa shape index (κ3) is 1.82. The van der Waals surface area contributed by atoms with Crippen molar-refractivity contribution in [2.75, 3.05) is 13.7 Å². The molecule has 0 fully saturated rings. The molecule has 0 radical (unpaired) electrons. The average molecular weight is 232 g/mol. The molecule has 0 aliphatic carbocycles. The summed E-state index contributed by atoms with van der Waals surface area (Å²) in [6.07, 6.45) is 0. The van der Waals surface area contributed by atoms with Crippen molar-refractivity contribution in [3.05, 3.63) is 44.7 Å². The Hall–Kier alpha value is -2.10. The van der Waals surface area contributed by atoms with E-state index in [9.17, 15) is 9.59 Å². The monoisotopic (exact) mass is 232 g/mol. The van der Waals surface area contributed by atoms with Crippen molar-refractivity contribution in [2.24, 2.45) is 0 Å². The number of hydrogen-bond acceptors (Lipinski definition) is 4. The molecule has 4 heteroatoms. The number of benzene rings is 1. The Morgan fingerprint density at radius 3 is 2.24 bits per heavy atom. The molecule has 2 rings (SSSR count). The summed E-state index contributed by atoms with van der Waals surface area (Å²) >= 11 is 0. The normalized spacial score (nSPS) is 10.5. The summed E-state index contributed by atoms with van der Waals surface area (Å²) in [5.41, 5.74) is 0.00892. The van der Waals surface area contributed by atoms with Gasteiger partial charge in [-0.1, -0.05) is 12.1 Å². The molecule has 2 aromatic rings. The van der Waals surface area contributed by atoms with Crippen LogP contribution in [0.5, 0.6) is 11.5 Å². The van der Waals surface area contributed by atoms with Gasteiger partial charge in [0.2, 0.25) is 5.43 Å². The predicted molar refractivity (Wildman–Crippen MR) is 64.5 cm³/mol. The molecular weight excluding hydrogens is 220 g/mol. The van der Waals surface area contributed by atoms with E-state index in [1.54, 1.807) is 38.3 Å². The Labute approximate surface area is 98.1 Å². The summed E-state index contributed by atoms with van der Waals surface area (Å²) in [6.45, 7) is 2.14. The van der Waals surface area contributed by atoms with Crippen LogP contribution in [0.25, 0.3) is 11.1 Å². The molecule has 0 bridgehead atoms. The molecule has 0 heterocycles. The molecule has 0 saturated heterocycles. The van der Waals surface area contributed by atoms with Gasteiger partial charge in [-0.25, -0.2) is 0 Å². The maximum Gasteiger partial charge on any atom is 0.268 e. The Bertz CT molecular complexity index is 589. The molecule has 0 saturated carbocycles. The fourth-order valence-electron chi connectivity index (χ4n) is 1.67. The van der Waals surface area contributed by atoms with Crippen LogP contribution in [0.1, 0.15) is 6.92 Å². The van der Waals surface area contributed by atoms with Crippen molar-refractivity contribution in [1.29, 1.82) is 0 Å². The van der Waals surface area contributed by atoms with E-state index >= 15 is 0 Å². The zero-order chi connectivity index (χ0) is 12.4. The Kier molecular flexibility index (Phi) is 2.95. The molecule has 4 nitrogen and oxygen atoms in total. The van der Waals surface area contributed by atoms with Crippen molar-refractivity contribution in [1.82, 2.24) is 0 Å². The van der Waals surface area contributed by atoms with Crippen LogP contribution in [0.3, 0.4) is 0 Å². The minimum absolute atomic E-state index is 0.169. The second-order valence-electron chi connectivity index (χ2n) is 3.52. The number of hydrogen-bond donors (Lipinski definition) is 0. The molecule has 0 atom stereocenters. The van der Waals surface area contributed by atoms with Gasteiger partial charge in [-0.3, -0.25) is 9.59 Å². The second-order valence-corrected chi connectivity index (χ2v) is 3.52. The van der Waals surface area contributed by atoms with Crippen LogP contribution in [-0.2, 0) is 0 Å². The molecule has 0 aliphatic heterocycles. The van der Waals surface area contributed by atoms with Gasteiger partial charge >= 0.3 is 0 Å². The first-order valence-corrected chi connectivity index (χ1v) is 5.29. The van der Waals surface area contributed by atoms with E-state index in [2.05, 4.69) is 0 Å². The van der Waals surface area contributed by atoms with E-state index in [1.807, 2.05) is 0 Å². The van der Waals surface area contributed by atoms with Crippen LogP contribution in [-0.4, -0.2) is 13.7 Å². The van der Waals surface area contributed by atoms with Gasteiger partial charge in [0.05, 0.1) is 19.3 Å². The van der Waals surface area contributed by atoms with E-state index in [0.29, 0.717) is 23.5 Å². The van der Waals surface area contributed by atoms with Crippen LogP contribution < -0.4 is 20.3 Å². The number of methoxy groups -OCH3 is 1. The largest absolute Gasteiger partial charge is 0.497 e. The second kappa shape index (κ2) is 4.41. The number of rotatable bonds is 4. The van der Waals surface area contributed by atoms with Crippen molar-refractivity contribution in [2.45, 2.75) is 6.92 Å². The number of ether oxygens (including phenoxy) is 2. The first-order valence-electron chi connectivity index (χ1n) is 5.29. The van der Waals surface area contributed by atoms with E-state index in [4.69, 9.17) is 9.47 Å². The van der Waals surface area contributed by atoms with Gasteiger partial charge in [0.1, 0.15) is 5.75 Å². The molecule has 2 aromatic carbocycles. The fraction of sp³-hybridized carbons (Fsp3) is 0.231. The molecule has 0 amide bonds. The first kappa shape index (κ1) is 11.4. The van der Waals surface area contributed by atoms with E-state index in [-0.39, 0.29) is 5.75 Å². The third-order valence-electron chi connectivity index (χ3n) is 2.53. The molecule has 0 unspecified atom stereocenters. The van der Waals surface area contributed by atoms with Crippen molar-refractivity contribution in [3.8, 4) is 22.6 Å². The Morgan fingerprint density at radius 2 is 1.71 bits per heavy atom. The van der Waals surface area contributed by atoms with Crippen LogP contribution in [0.15, 0.2) is 33.9 Å². The summed E-state index contributed by atoms with van der Waals surface area (Å²) < 4.78 is 10.2. The van der Waals surface area contributed by atoms with Gasteiger partial charge in [0, 0.05) is 0 Å². The summed E-state index contributed by atoms with van der Waals surface area (Å²) in [6, 6.07) is 6.94. The first-order chi connectivity index (χ1) is 8.19. The highest BCUT2D eigenvalue weighted by atomic mass is 16.5. The molecule has 0 N–H and O–H groups in total. The van der Waals surface area contributed by atoms with Gasteiger partial charge in [-0.05, 0) is 24.6 Å². The molecule has 0 spiro atoms. The van der Waals surface area contributed by atoms with E-state index < -0.39 is 10.9 Å². The average Bonchev–Trinajstić information content (AvgIpc) is 2.38. The summed E-state index contributed by atoms with van der Waals surface area (Å²) in [4.78, 5) is 22.8. The van der Waals surface area contributed by atoms with Gasteiger partial charge in [-0.15, -0.1) is 0 Å². The molecule has 17 heavy (non-hydrogen) atoms. The summed E-state index contributed by atoms with van der Waals surface area (Å²) in [5.74, 6) is 0.869. The summed E-state index contributed by atoms with van der Waals surface area (Å²) in [7, 11) is 1.57. The topological polar surface area (TPSA) is 52.6 Å².